The van der Waals surface area contributed by atoms with Gasteiger partial charge in [0.1, 0.15) is 28.4 Å². The average Bonchev–Trinajstić information content (AvgIpc) is 1.54. The molecule has 31 rings (SSSR count). The molecule has 0 aliphatic heterocycles. The number of aromatic nitrogens is 20. The SMILES string of the molecule is [Pt+2].[Pt+2].[Pt+2].[c-]1c(-n2c3[c-]c(-n4cc(-n5c6ccccc6c6cccnc65)cn4)ccc3c3ccccc32)cccc1-n1c2ccccc2c2cccnc21.[c-]1c(-n2cc(-n3c4ccccc4c4cccnc43)cn2)ccc2c3ccccc3n(-c3[c-]c4c(cc3)c3ccccc3n4-c3ccccn3)c12.[c-]1c(-n2cc(-n3c4ccccc4c4cccnc43)cn2)cccc1-n1c2[c-]c(-c3ccccn3)ccc2c2ccccc21. The van der Waals surface area contributed by atoms with Crippen LogP contribution in [-0.2, 0) is 63.2 Å². The van der Waals surface area contributed by atoms with Crippen molar-refractivity contribution in [2.75, 3.05) is 0 Å². The summed E-state index contributed by atoms with van der Waals surface area (Å²) in [6.07, 6.45) is 22.8. The Hall–Kier alpha value is -17.9. The van der Waals surface area contributed by atoms with Crippen molar-refractivity contribution < 1.29 is 63.2 Å². The molecule has 0 aliphatic carbocycles. The van der Waals surface area contributed by atoms with Gasteiger partial charge < -0.3 is 27.8 Å². The van der Waals surface area contributed by atoms with Crippen molar-refractivity contribution in [3.63, 3.8) is 0 Å². The Labute approximate surface area is 875 Å². The van der Waals surface area contributed by atoms with Gasteiger partial charge in [0, 0.05) is 102 Å². The fourth-order valence-electron chi connectivity index (χ4n) is 21.4. The van der Waals surface area contributed by atoms with Gasteiger partial charge >= 0.3 is 63.2 Å². The number of rotatable bonds is 12. The summed E-state index contributed by atoms with van der Waals surface area (Å²) in [4.78, 5) is 28.3. The van der Waals surface area contributed by atoms with Gasteiger partial charge in [-0.15, -0.1) is 113 Å². The van der Waals surface area contributed by atoms with E-state index in [-0.39, 0.29) is 63.2 Å². The smallest absolute Gasteiger partial charge is 0.358 e. The van der Waals surface area contributed by atoms with Crippen molar-refractivity contribution in [1.29, 1.82) is 0 Å². The van der Waals surface area contributed by atoms with Gasteiger partial charge in [0.25, 0.3) is 0 Å². The van der Waals surface area contributed by atoms with Crippen LogP contribution in [0.25, 0.3) is 249 Å². The molecule has 0 fully saturated rings. The molecule has 0 radical (unpaired) electrons. The largest absolute Gasteiger partial charge is 2.00 e. The summed E-state index contributed by atoms with van der Waals surface area (Å²) in [6.45, 7) is 0. The fraction of sp³-hybridized carbons (Fsp3) is 0. The second-order valence-electron chi connectivity index (χ2n) is 35.4. The minimum absolute atomic E-state index is 0. The van der Waals surface area contributed by atoms with E-state index < -0.39 is 0 Å². The fourth-order valence-corrected chi connectivity index (χ4v) is 21.4. The first-order chi connectivity index (χ1) is 71.0. The Morgan fingerprint density at radius 2 is 0.438 bits per heavy atom. The van der Waals surface area contributed by atoms with Crippen molar-refractivity contribution in [2.45, 2.75) is 0 Å². The van der Waals surface area contributed by atoms with Gasteiger partial charge in [-0.05, 0) is 165 Å². The summed E-state index contributed by atoms with van der Waals surface area (Å²) in [5.74, 6) is 0.858. The van der Waals surface area contributed by atoms with E-state index in [4.69, 9.17) is 40.2 Å². The zero-order chi connectivity index (χ0) is 93.8. The monoisotopic (exact) mass is 2410 g/mol. The Bertz CT molecular complexity index is 10400. The second-order valence-corrected chi connectivity index (χ2v) is 35.4. The summed E-state index contributed by atoms with van der Waals surface area (Å²) in [5, 5.41) is 32.7. The average molecular weight is 2420 g/mol. The molecular weight excluding hydrogens is 2340 g/mol. The van der Waals surface area contributed by atoms with E-state index in [1.54, 1.807) is 0 Å². The van der Waals surface area contributed by atoms with E-state index >= 15 is 0 Å². The minimum atomic E-state index is 0. The zero-order valence-corrected chi connectivity index (χ0v) is 83.8. The van der Waals surface area contributed by atoms with Crippen molar-refractivity contribution in [3.8, 4) is 73.9 Å². The zero-order valence-electron chi connectivity index (χ0n) is 77.0. The summed E-state index contributed by atoms with van der Waals surface area (Å²) < 4.78 is 23.3. The number of fused-ring (bicyclic) bond motifs is 24. The van der Waals surface area contributed by atoms with Crippen molar-refractivity contribution in [2.24, 2.45) is 0 Å². The summed E-state index contributed by atoms with van der Waals surface area (Å²) >= 11 is 0. The Morgan fingerprint density at radius 1 is 0.171 bits per heavy atom. The predicted molar refractivity (Wildman–Crippen MR) is 571 cm³/mol. The first kappa shape index (κ1) is 88.3. The maximum atomic E-state index is 4.84. The number of pyridine rings is 6. The van der Waals surface area contributed by atoms with E-state index in [0.29, 0.717) is 0 Å². The predicted octanol–water partition coefficient (Wildman–Crippen LogP) is 27.2. The molecule has 694 valence electrons. The Kier molecular flexibility index (Phi) is 21.7. The van der Waals surface area contributed by atoms with Crippen LogP contribution in [0.5, 0.6) is 0 Å². The Morgan fingerprint density at radius 3 is 0.822 bits per heavy atom. The maximum Gasteiger partial charge on any atom is 2.00 e. The number of para-hydroxylation sites is 8. The van der Waals surface area contributed by atoms with Gasteiger partial charge in [0.2, 0.25) is 0 Å². The molecule has 146 heavy (non-hydrogen) atoms. The molecule has 23 heteroatoms. The molecule has 14 aromatic carbocycles. The third kappa shape index (κ3) is 14.2. The standard InChI is InChI=1S/2C43H25N7.C37H22N6.3Pt/c1-4-14-37-31(10-1)34-20-18-28(47-27-30(26-46-47)49-38-15-5-3-12-33(38)36-13-9-23-45-43(36)49)24-40(34)48(37)29-19-21-35-32-11-2-6-16-39(32)50(41(35)25-29)42-17-7-8-22-44-42;1-4-17-38-32(12-1)35-21-20-28(47-27-31(26-46-47)50-40-19-6-3-14-34(40)37-16-9-23-45-43(37)50)25-41(35)48(38)29-10-7-11-30(24-29)49-39-18-5-2-13-33(39)36-15-8-22-44-42(36)49;1-3-15-34-29(11-1)31-18-17-25(33-14-5-6-19-38-33)21-36(31)42(34)27-10-7-9-26(22-27)41-24-28(23-40-41)43-35-16-4-2-12-30(35)32-13-8-20-39-37(32)43;;;/h2*1-23,26-27H;1-20,23-24H;;;/q3*-2;3*+2. The molecule has 20 nitrogen and oxygen atoms in total. The molecule has 0 spiro atoms. The number of nitrogens with zero attached hydrogens (tertiary/aromatic N) is 20. The van der Waals surface area contributed by atoms with E-state index in [1.165, 1.54) is 21.5 Å². The third-order valence-corrected chi connectivity index (χ3v) is 27.6. The van der Waals surface area contributed by atoms with Crippen LogP contribution in [0.15, 0.2) is 438 Å². The molecule has 0 amide bonds. The van der Waals surface area contributed by atoms with Crippen molar-refractivity contribution in [3.05, 3.63) is 475 Å². The van der Waals surface area contributed by atoms with Crippen molar-refractivity contribution >= 4 is 175 Å². The van der Waals surface area contributed by atoms with E-state index in [9.17, 15) is 0 Å². The quantitative estimate of drug-likeness (QED) is 0.108. The van der Waals surface area contributed by atoms with E-state index in [1.807, 2.05) is 155 Å². The molecule has 0 saturated heterocycles. The first-order valence-corrected chi connectivity index (χ1v) is 47.2. The topological polar surface area (TPSA) is 170 Å². The molecule has 0 aliphatic rings. The summed E-state index contributed by atoms with van der Waals surface area (Å²) in [7, 11) is 0. The summed E-state index contributed by atoms with van der Waals surface area (Å²) in [6, 6.07) is 148. The van der Waals surface area contributed by atoms with E-state index in [2.05, 4.69) is 375 Å². The van der Waals surface area contributed by atoms with E-state index in [0.717, 1.165) is 227 Å². The van der Waals surface area contributed by atoms with Gasteiger partial charge in [0.15, 0.2) is 0 Å². The number of hydrogen-bond donors (Lipinski definition) is 0. The molecule has 0 bridgehead atoms. The normalized spacial score (nSPS) is 11.7. The van der Waals surface area contributed by atoms with Gasteiger partial charge in [-0.2, -0.15) is 45.6 Å². The number of hydrogen-bond acceptors (Lipinski definition) is 9. The van der Waals surface area contributed by atoms with Crippen LogP contribution >= 0.6 is 0 Å². The first-order valence-electron chi connectivity index (χ1n) is 47.2. The van der Waals surface area contributed by atoms with Crippen LogP contribution in [0.3, 0.4) is 0 Å². The van der Waals surface area contributed by atoms with Crippen LogP contribution in [0, 0.1) is 36.4 Å². The number of benzene rings is 14. The van der Waals surface area contributed by atoms with Crippen LogP contribution in [0.1, 0.15) is 0 Å². The molecule has 0 saturated carbocycles. The van der Waals surface area contributed by atoms with Gasteiger partial charge in [-0.1, -0.05) is 208 Å². The van der Waals surface area contributed by atoms with Gasteiger partial charge in [-0.3, -0.25) is 27.7 Å². The van der Waals surface area contributed by atoms with Crippen LogP contribution in [0.4, 0.5) is 0 Å². The van der Waals surface area contributed by atoms with Crippen molar-refractivity contribution in [1.82, 2.24) is 95.8 Å². The summed E-state index contributed by atoms with van der Waals surface area (Å²) in [5.41, 5.74) is 27.1. The molecule has 0 N–H and O–H groups in total. The van der Waals surface area contributed by atoms with Gasteiger partial charge in [0.05, 0.1) is 76.3 Å². The van der Waals surface area contributed by atoms with Crippen LogP contribution in [-0.4, -0.2) is 95.8 Å². The van der Waals surface area contributed by atoms with Crippen LogP contribution in [0.2, 0.25) is 0 Å². The van der Waals surface area contributed by atoms with Crippen LogP contribution < -0.4 is 0 Å². The molecule has 17 heterocycles. The maximum absolute atomic E-state index is 4.84. The second kappa shape index (κ2) is 35.9. The molecule has 17 aromatic heterocycles. The molecule has 0 atom stereocenters. The Balaban J connectivity index is 0.000000111. The van der Waals surface area contributed by atoms with Gasteiger partial charge in [-0.25, -0.2) is 24.9 Å². The molecular formula is C123H72N20Pt3. The third-order valence-electron chi connectivity index (χ3n) is 27.6. The molecule has 31 aromatic rings. The molecule has 0 unspecified atom stereocenters. The minimum Gasteiger partial charge on any atom is -0.358 e.